The average molecular weight is 194 g/mol. The monoisotopic (exact) mass is 194 g/mol. The van der Waals surface area contributed by atoms with Gasteiger partial charge in [-0.1, -0.05) is 23.5 Å². The molecule has 0 spiro atoms. The van der Waals surface area contributed by atoms with Crippen molar-refractivity contribution >= 4 is 21.6 Å². The van der Waals surface area contributed by atoms with Gasteiger partial charge in [0.2, 0.25) is 11.0 Å². The van der Waals surface area contributed by atoms with E-state index in [0.29, 0.717) is 0 Å². The Bertz CT molecular complexity index is 396. The first-order valence-electron chi connectivity index (χ1n) is 4.38. The molecular formula is C10H12NOS+. The van der Waals surface area contributed by atoms with Crippen LogP contribution in [0.3, 0.4) is 0 Å². The van der Waals surface area contributed by atoms with Crippen molar-refractivity contribution < 1.29 is 9.67 Å². The average Bonchev–Trinajstić information content (AvgIpc) is 2.58. The maximum Gasteiger partial charge on any atom is 0.225 e. The molecule has 0 amide bonds. The van der Waals surface area contributed by atoms with Crippen LogP contribution < -0.4 is 4.57 Å². The molecule has 0 atom stereocenters. The molecule has 2 nitrogen and oxygen atoms in total. The second-order valence-corrected chi connectivity index (χ2v) is 3.85. The van der Waals surface area contributed by atoms with Crippen LogP contribution in [0.25, 0.3) is 10.2 Å². The molecular weight excluding hydrogens is 182 g/mol. The van der Waals surface area contributed by atoms with Crippen molar-refractivity contribution in [3.63, 3.8) is 0 Å². The lowest BCUT2D eigenvalue weighted by molar-refractivity contribution is -0.667. The molecule has 68 valence electrons. The summed E-state index contributed by atoms with van der Waals surface area (Å²) in [6.45, 7) is 1.16. The van der Waals surface area contributed by atoms with Crippen LogP contribution in [0.2, 0.25) is 0 Å². The number of hydrogen-bond acceptors (Lipinski definition) is 2. The van der Waals surface area contributed by atoms with E-state index >= 15 is 0 Å². The van der Waals surface area contributed by atoms with E-state index in [9.17, 15) is 0 Å². The number of thiazole rings is 1. The molecule has 1 aromatic heterocycles. The number of nitrogens with zero attached hydrogens (tertiary/aromatic N) is 1. The lowest BCUT2D eigenvalue weighted by Crippen LogP contribution is -2.31. The highest BCUT2D eigenvalue weighted by atomic mass is 32.1. The molecule has 0 radical (unpaired) electrons. The van der Waals surface area contributed by atoms with Gasteiger partial charge in [0.1, 0.15) is 4.70 Å². The van der Waals surface area contributed by atoms with Crippen molar-refractivity contribution in [1.82, 2.24) is 0 Å². The Hall–Kier alpha value is -0.930. The normalized spacial score (nSPS) is 10.8. The van der Waals surface area contributed by atoms with E-state index in [1.807, 2.05) is 6.07 Å². The molecule has 0 aliphatic rings. The Labute approximate surface area is 81.1 Å². The van der Waals surface area contributed by atoms with Crippen molar-refractivity contribution in [2.24, 2.45) is 0 Å². The molecule has 0 unspecified atom stereocenters. The van der Waals surface area contributed by atoms with Crippen LogP contribution >= 0.6 is 11.3 Å². The fraction of sp³-hybridized carbons (Fsp3) is 0.300. The molecule has 0 bridgehead atoms. The summed E-state index contributed by atoms with van der Waals surface area (Å²) in [6, 6.07) is 8.33. The summed E-state index contributed by atoms with van der Waals surface area (Å²) in [5.74, 6) is 0. The molecule has 3 heteroatoms. The Balaban J connectivity index is 2.35. The first-order valence-corrected chi connectivity index (χ1v) is 5.26. The first-order chi connectivity index (χ1) is 6.42. The lowest BCUT2D eigenvalue weighted by Gasteiger charge is -1.91. The Morgan fingerprint density at radius 3 is 3.00 bits per heavy atom. The first kappa shape index (κ1) is 8.66. The topological polar surface area (TPSA) is 24.1 Å². The van der Waals surface area contributed by atoms with Crippen molar-refractivity contribution in [2.45, 2.75) is 13.0 Å². The van der Waals surface area contributed by atoms with Crippen LogP contribution in [0.5, 0.6) is 0 Å². The van der Waals surface area contributed by atoms with Gasteiger partial charge >= 0.3 is 0 Å². The van der Waals surface area contributed by atoms with Crippen molar-refractivity contribution in [2.75, 3.05) is 6.61 Å². The summed E-state index contributed by atoms with van der Waals surface area (Å²) < 4.78 is 3.50. The lowest BCUT2D eigenvalue weighted by atomic mass is 10.3. The number of para-hydroxylation sites is 1. The number of hydrogen-bond donors (Lipinski definition) is 1. The zero-order chi connectivity index (χ0) is 9.10. The van der Waals surface area contributed by atoms with E-state index < -0.39 is 0 Å². The van der Waals surface area contributed by atoms with Gasteiger partial charge in [-0.05, 0) is 6.07 Å². The summed E-state index contributed by atoms with van der Waals surface area (Å²) in [6.07, 6.45) is 0.825. The second kappa shape index (κ2) is 3.85. The Morgan fingerprint density at radius 1 is 1.31 bits per heavy atom. The van der Waals surface area contributed by atoms with Gasteiger partial charge in [0, 0.05) is 19.1 Å². The van der Waals surface area contributed by atoms with Crippen LogP contribution in [0, 0.1) is 0 Å². The quantitative estimate of drug-likeness (QED) is 0.737. The molecule has 0 aliphatic carbocycles. The molecule has 0 saturated carbocycles. The van der Waals surface area contributed by atoms with E-state index in [0.717, 1.165) is 13.0 Å². The second-order valence-electron chi connectivity index (χ2n) is 2.96. The third-order valence-electron chi connectivity index (χ3n) is 2.04. The zero-order valence-electron chi connectivity index (χ0n) is 7.31. The van der Waals surface area contributed by atoms with Crippen molar-refractivity contribution in [3.05, 3.63) is 29.8 Å². The van der Waals surface area contributed by atoms with Gasteiger partial charge in [0.05, 0.1) is 0 Å². The standard InChI is InChI=1S/C10H12NOS/c12-7-3-6-11-8-13-10-5-2-1-4-9(10)11/h1-2,4-5,8,12H,3,6-7H2/q+1. The summed E-state index contributed by atoms with van der Waals surface area (Å²) in [7, 11) is 0. The number of benzene rings is 1. The van der Waals surface area contributed by atoms with Crippen LogP contribution in [0.15, 0.2) is 29.8 Å². The largest absolute Gasteiger partial charge is 0.396 e. The number of fused-ring (bicyclic) bond motifs is 1. The molecule has 1 aromatic carbocycles. The van der Waals surface area contributed by atoms with E-state index in [4.69, 9.17) is 5.11 Å². The van der Waals surface area contributed by atoms with Crippen LogP contribution in [0.4, 0.5) is 0 Å². The number of aliphatic hydroxyl groups is 1. The zero-order valence-corrected chi connectivity index (χ0v) is 8.13. The van der Waals surface area contributed by atoms with E-state index in [1.54, 1.807) is 11.3 Å². The van der Waals surface area contributed by atoms with E-state index in [-0.39, 0.29) is 6.61 Å². The Morgan fingerprint density at radius 2 is 2.15 bits per heavy atom. The minimum Gasteiger partial charge on any atom is -0.396 e. The molecule has 0 fully saturated rings. The van der Waals surface area contributed by atoms with Gasteiger partial charge < -0.3 is 5.11 Å². The maximum absolute atomic E-state index is 8.73. The number of aromatic nitrogens is 1. The van der Waals surface area contributed by atoms with Crippen LogP contribution in [-0.4, -0.2) is 11.7 Å². The molecule has 0 aliphatic heterocycles. The molecule has 13 heavy (non-hydrogen) atoms. The van der Waals surface area contributed by atoms with Gasteiger partial charge in [-0.15, -0.1) is 0 Å². The van der Waals surface area contributed by atoms with Crippen LogP contribution in [-0.2, 0) is 6.54 Å². The van der Waals surface area contributed by atoms with Gasteiger partial charge in [0.25, 0.3) is 0 Å². The Kier molecular flexibility index (Phi) is 2.57. The van der Waals surface area contributed by atoms with Crippen molar-refractivity contribution in [3.8, 4) is 0 Å². The predicted molar refractivity (Wildman–Crippen MR) is 53.7 cm³/mol. The number of aryl methyl sites for hydroxylation is 1. The van der Waals surface area contributed by atoms with E-state index in [2.05, 4.69) is 28.3 Å². The van der Waals surface area contributed by atoms with Gasteiger partial charge in [-0.25, -0.2) is 0 Å². The van der Waals surface area contributed by atoms with Gasteiger partial charge in [-0.2, -0.15) is 4.57 Å². The number of aliphatic hydroxyl groups excluding tert-OH is 1. The SMILES string of the molecule is OCCC[n+]1csc2ccccc21. The molecule has 2 aromatic rings. The molecule has 1 heterocycles. The summed E-state index contributed by atoms with van der Waals surface area (Å²) >= 11 is 1.75. The predicted octanol–water partition coefficient (Wildman–Crippen LogP) is 1.57. The van der Waals surface area contributed by atoms with Gasteiger partial charge in [-0.3, -0.25) is 0 Å². The van der Waals surface area contributed by atoms with E-state index in [1.165, 1.54) is 10.2 Å². The van der Waals surface area contributed by atoms with Crippen LogP contribution in [0.1, 0.15) is 6.42 Å². The highest BCUT2D eigenvalue weighted by molar-refractivity contribution is 7.16. The fourth-order valence-electron chi connectivity index (χ4n) is 1.39. The van der Waals surface area contributed by atoms with Gasteiger partial charge in [0.15, 0.2) is 6.54 Å². The highest BCUT2D eigenvalue weighted by Crippen LogP contribution is 2.14. The fourth-order valence-corrected chi connectivity index (χ4v) is 2.31. The molecule has 2 rings (SSSR count). The maximum atomic E-state index is 8.73. The smallest absolute Gasteiger partial charge is 0.225 e. The summed E-state index contributed by atoms with van der Waals surface area (Å²) in [4.78, 5) is 0. The van der Waals surface area contributed by atoms with Crippen molar-refractivity contribution in [1.29, 1.82) is 0 Å². The minimum atomic E-state index is 0.261. The highest BCUT2D eigenvalue weighted by Gasteiger charge is 2.09. The number of rotatable bonds is 3. The third kappa shape index (κ3) is 1.71. The summed E-state index contributed by atoms with van der Waals surface area (Å²) in [5, 5.41) is 8.73. The molecule has 1 N–H and O–H groups in total. The minimum absolute atomic E-state index is 0.261. The molecule has 0 saturated heterocycles. The third-order valence-corrected chi connectivity index (χ3v) is 3.00. The summed E-state index contributed by atoms with van der Waals surface area (Å²) in [5.41, 5.74) is 3.38.